The van der Waals surface area contributed by atoms with Crippen LogP contribution in [0.2, 0.25) is 0 Å². The van der Waals surface area contributed by atoms with Gasteiger partial charge in [-0.1, -0.05) is 76.0 Å². The van der Waals surface area contributed by atoms with Crippen LogP contribution in [-0.2, 0) is 0 Å². The van der Waals surface area contributed by atoms with E-state index in [1.807, 2.05) is 19.9 Å². The highest BCUT2D eigenvalue weighted by Crippen LogP contribution is 2.21. The third-order valence-corrected chi connectivity index (χ3v) is 5.76. The van der Waals surface area contributed by atoms with E-state index in [2.05, 4.69) is 24.0 Å². The van der Waals surface area contributed by atoms with Crippen LogP contribution in [0.4, 0.5) is 0 Å². The molecular formula is C27H53NO2. The summed E-state index contributed by atoms with van der Waals surface area (Å²) in [6.07, 6.45) is 26.0. The molecule has 0 amide bonds. The maximum Gasteiger partial charge on any atom is 0.0514 e. The third kappa shape index (κ3) is 23.6. The van der Waals surface area contributed by atoms with Crippen LogP contribution < -0.4 is 5.32 Å². The van der Waals surface area contributed by atoms with E-state index in [-0.39, 0.29) is 12.2 Å². The zero-order valence-electron chi connectivity index (χ0n) is 20.3. The molecule has 3 heteroatoms. The smallest absolute Gasteiger partial charge is 0.0514 e. The molecule has 3 N–H and O–H groups in total. The molecule has 0 spiro atoms. The molecule has 0 aliphatic heterocycles. The molecule has 0 fully saturated rings. The third-order valence-electron chi connectivity index (χ3n) is 5.76. The molecule has 0 bridgehead atoms. The van der Waals surface area contributed by atoms with E-state index in [0.29, 0.717) is 5.92 Å². The van der Waals surface area contributed by atoms with Crippen molar-refractivity contribution in [1.29, 1.82) is 0 Å². The van der Waals surface area contributed by atoms with Crippen molar-refractivity contribution in [2.24, 2.45) is 5.92 Å². The largest absolute Gasteiger partial charge is 0.393 e. The summed E-state index contributed by atoms with van der Waals surface area (Å²) < 4.78 is 0. The summed E-state index contributed by atoms with van der Waals surface area (Å²) in [6, 6.07) is 0. The molecule has 0 aromatic carbocycles. The van der Waals surface area contributed by atoms with E-state index in [1.165, 1.54) is 83.5 Å². The van der Waals surface area contributed by atoms with E-state index >= 15 is 0 Å². The summed E-state index contributed by atoms with van der Waals surface area (Å²) in [6.45, 7) is 9.48. The number of aliphatic hydroxyl groups excluding tert-OH is 2. The average Bonchev–Trinajstić information content (AvgIpc) is 2.68. The number of aliphatic hydroxyl groups is 2. The van der Waals surface area contributed by atoms with E-state index in [4.69, 9.17) is 0 Å². The summed E-state index contributed by atoms with van der Waals surface area (Å²) in [5.41, 5.74) is 0. The van der Waals surface area contributed by atoms with Gasteiger partial charge in [-0.05, 0) is 71.3 Å². The van der Waals surface area contributed by atoms with Crippen LogP contribution in [0.15, 0.2) is 24.8 Å². The van der Waals surface area contributed by atoms with Crippen molar-refractivity contribution in [1.82, 2.24) is 5.32 Å². The molecule has 178 valence electrons. The summed E-state index contributed by atoms with van der Waals surface area (Å²) in [5, 5.41) is 22.6. The highest BCUT2D eigenvalue weighted by atomic mass is 16.3. The molecular weight excluding hydrogens is 370 g/mol. The van der Waals surface area contributed by atoms with Crippen LogP contribution >= 0.6 is 0 Å². The van der Waals surface area contributed by atoms with Gasteiger partial charge in [-0.3, -0.25) is 0 Å². The predicted molar refractivity (Wildman–Crippen MR) is 133 cm³/mol. The van der Waals surface area contributed by atoms with Crippen LogP contribution in [-0.4, -0.2) is 35.5 Å². The van der Waals surface area contributed by atoms with Gasteiger partial charge in [-0.15, -0.1) is 6.58 Å². The predicted octanol–water partition coefficient (Wildman–Crippen LogP) is 6.94. The molecule has 30 heavy (non-hydrogen) atoms. The minimum Gasteiger partial charge on any atom is -0.393 e. The van der Waals surface area contributed by atoms with Crippen LogP contribution in [0.5, 0.6) is 0 Å². The topological polar surface area (TPSA) is 52.5 Å². The maximum atomic E-state index is 9.60. The SMILES string of the molecule is C=CCNCCCCCCCCC=CCCCCCCCC(CC(C)O)CC(C)O. The molecule has 0 aromatic heterocycles. The Bertz CT molecular complexity index is 369. The standard InChI is InChI=1S/C27H53NO2/c1-4-21-28-22-19-17-15-13-11-9-7-5-6-8-10-12-14-16-18-20-27(23-25(2)29)24-26(3)30/h4-6,25-30H,1,7-24H2,2-3H3. The first kappa shape index (κ1) is 29.4. The lowest BCUT2D eigenvalue weighted by molar-refractivity contribution is 0.115. The Morgan fingerprint density at radius 1 is 0.700 bits per heavy atom. The second kappa shape index (κ2) is 23.0. The van der Waals surface area contributed by atoms with Gasteiger partial charge < -0.3 is 15.5 Å². The van der Waals surface area contributed by atoms with E-state index < -0.39 is 0 Å². The van der Waals surface area contributed by atoms with Gasteiger partial charge in [0.25, 0.3) is 0 Å². The molecule has 0 aliphatic rings. The van der Waals surface area contributed by atoms with Crippen molar-refractivity contribution in [2.75, 3.05) is 13.1 Å². The van der Waals surface area contributed by atoms with Crippen molar-refractivity contribution in [3.63, 3.8) is 0 Å². The summed E-state index contributed by atoms with van der Waals surface area (Å²) in [4.78, 5) is 0. The molecule has 2 unspecified atom stereocenters. The molecule has 0 saturated heterocycles. The van der Waals surface area contributed by atoms with Crippen LogP contribution in [0.3, 0.4) is 0 Å². The Morgan fingerprint density at radius 3 is 1.67 bits per heavy atom. The van der Waals surface area contributed by atoms with Gasteiger partial charge in [0.05, 0.1) is 12.2 Å². The van der Waals surface area contributed by atoms with Gasteiger partial charge >= 0.3 is 0 Å². The number of allylic oxidation sites excluding steroid dienone is 2. The number of nitrogens with one attached hydrogen (secondary N) is 1. The van der Waals surface area contributed by atoms with Gasteiger partial charge in [0.15, 0.2) is 0 Å². The quantitative estimate of drug-likeness (QED) is 0.123. The number of hydrogen-bond donors (Lipinski definition) is 3. The Morgan fingerprint density at radius 2 is 1.17 bits per heavy atom. The fourth-order valence-electron chi connectivity index (χ4n) is 4.18. The fraction of sp³-hybridized carbons (Fsp3) is 0.852. The molecule has 2 atom stereocenters. The second-order valence-electron chi connectivity index (χ2n) is 9.25. The van der Waals surface area contributed by atoms with Crippen LogP contribution in [0.25, 0.3) is 0 Å². The zero-order chi connectivity index (χ0) is 22.3. The van der Waals surface area contributed by atoms with Gasteiger partial charge in [-0.2, -0.15) is 0 Å². The van der Waals surface area contributed by atoms with E-state index in [9.17, 15) is 10.2 Å². The number of rotatable bonds is 23. The second-order valence-corrected chi connectivity index (χ2v) is 9.25. The Labute approximate surface area is 188 Å². The number of hydrogen-bond acceptors (Lipinski definition) is 3. The minimum atomic E-state index is -0.254. The van der Waals surface area contributed by atoms with Crippen molar-refractivity contribution in [2.45, 2.75) is 129 Å². The molecule has 0 aromatic rings. The first-order chi connectivity index (χ1) is 14.6. The van der Waals surface area contributed by atoms with Gasteiger partial charge in [-0.25, -0.2) is 0 Å². The van der Waals surface area contributed by atoms with Crippen LogP contribution in [0, 0.1) is 5.92 Å². The molecule has 0 heterocycles. The average molecular weight is 424 g/mol. The van der Waals surface area contributed by atoms with Crippen molar-refractivity contribution >= 4 is 0 Å². The summed E-state index contributed by atoms with van der Waals surface area (Å²) in [7, 11) is 0. The van der Waals surface area contributed by atoms with Gasteiger partial charge in [0, 0.05) is 6.54 Å². The Kier molecular flexibility index (Phi) is 22.5. The Hall–Kier alpha value is -0.640. The molecule has 0 rings (SSSR count). The van der Waals surface area contributed by atoms with Crippen LogP contribution in [0.1, 0.15) is 117 Å². The summed E-state index contributed by atoms with van der Waals surface area (Å²) >= 11 is 0. The van der Waals surface area contributed by atoms with E-state index in [0.717, 1.165) is 32.4 Å². The van der Waals surface area contributed by atoms with Crippen molar-refractivity contribution in [3.05, 3.63) is 24.8 Å². The lowest BCUT2D eigenvalue weighted by atomic mass is 9.90. The number of unbranched alkanes of at least 4 members (excludes halogenated alkanes) is 11. The molecule has 3 nitrogen and oxygen atoms in total. The zero-order valence-corrected chi connectivity index (χ0v) is 20.3. The van der Waals surface area contributed by atoms with Gasteiger partial charge in [0.1, 0.15) is 0 Å². The maximum absolute atomic E-state index is 9.60. The highest BCUT2D eigenvalue weighted by molar-refractivity contribution is 4.81. The van der Waals surface area contributed by atoms with Gasteiger partial charge in [0.2, 0.25) is 0 Å². The summed E-state index contributed by atoms with van der Waals surface area (Å²) in [5.74, 6) is 0.465. The van der Waals surface area contributed by atoms with Crippen molar-refractivity contribution < 1.29 is 10.2 Å². The lowest BCUT2D eigenvalue weighted by Crippen LogP contribution is -2.15. The minimum absolute atomic E-state index is 0.254. The Balaban J connectivity index is 3.36. The fourth-order valence-corrected chi connectivity index (χ4v) is 4.18. The monoisotopic (exact) mass is 423 g/mol. The first-order valence-corrected chi connectivity index (χ1v) is 12.9. The molecule has 0 radical (unpaired) electrons. The highest BCUT2D eigenvalue weighted by Gasteiger charge is 2.14. The molecule has 0 aliphatic carbocycles. The lowest BCUT2D eigenvalue weighted by Gasteiger charge is -2.19. The van der Waals surface area contributed by atoms with Crippen molar-refractivity contribution in [3.8, 4) is 0 Å². The molecule has 0 saturated carbocycles. The first-order valence-electron chi connectivity index (χ1n) is 12.9. The van der Waals surface area contributed by atoms with E-state index in [1.54, 1.807) is 0 Å². The normalized spacial score (nSPS) is 14.8.